The van der Waals surface area contributed by atoms with Crippen LogP contribution in [-0.2, 0) is 15.8 Å². The molecule has 1 atom stereocenters. The van der Waals surface area contributed by atoms with Gasteiger partial charge >= 0.3 is 6.18 Å². The van der Waals surface area contributed by atoms with Gasteiger partial charge in [0.05, 0.1) is 11.6 Å². The van der Waals surface area contributed by atoms with E-state index in [4.69, 9.17) is 0 Å². The van der Waals surface area contributed by atoms with Crippen LogP contribution in [0.25, 0.3) is 0 Å². The van der Waals surface area contributed by atoms with Gasteiger partial charge < -0.3 is 10.6 Å². The first-order chi connectivity index (χ1) is 10.8. The van der Waals surface area contributed by atoms with E-state index in [1.54, 1.807) is 6.92 Å². The maximum atomic E-state index is 12.5. The number of benzene rings is 1. The summed E-state index contributed by atoms with van der Waals surface area (Å²) in [5, 5.41) is 5.32. The van der Waals surface area contributed by atoms with Gasteiger partial charge in [-0.05, 0) is 31.2 Å². The van der Waals surface area contributed by atoms with Crippen LogP contribution in [0, 0.1) is 0 Å². The Morgan fingerprint density at radius 3 is 2.52 bits per heavy atom. The summed E-state index contributed by atoms with van der Waals surface area (Å²) in [6.45, 7) is 3.19. The topological polar surface area (TPSA) is 61.4 Å². The number of hydrogen-bond donors (Lipinski definition) is 2. The van der Waals surface area contributed by atoms with Gasteiger partial charge in [0.1, 0.15) is 0 Å². The lowest BCUT2D eigenvalue weighted by Gasteiger charge is -2.26. The Balaban J connectivity index is 1.96. The molecule has 0 saturated carbocycles. The molecule has 5 nitrogen and oxygen atoms in total. The number of nitrogens with zero attached hydrogens (tertiary/aromatic N) is 1. The fourth-order valence-electron chi connectivity index (χ4n) is 2.33. The third kappa shape index (κ3) is 4.69. The molecule has 1 aliphatic rings. The van der Waals surface area contributed by atoms with Crippen molar-refractivity contribution in [2.24, 2.45) is 0 Å². The van der Waals surface area contributed by atoms with E-state index in [1.165, 1.54) is 12.1 Å². The molecule has 1 saturated heterocycles. The molecule has 2 amide bonds. The Labute approximate surface area is 131 Å². The number of anilines is 1. The third-order valence-corrected chi connectivity index (χ3v) is 3.75. The number of halogens is 3. The Morgan fingerprint density at radius 1 is 1.26 bits per heavy atom. The van der Waals surface area contributed by atoms with Gasteiger partial charge in [-0.15, -0.1) is 0 Å². The number of hydrogen-bond acceptors (Lipinski definition) is 3. The van der Waals surface area contributed by atoms with E-state index in [1.807, 2.05) is 4.90 Å². The number of carbonyl (C=O) groups is 2. The molecule has 2 rings (SSSR count). The van der Waals surface area contributed by atoms with E-state index in [9.17, 15) is 22.8 Å². The zero-order chi connectivity index (χ0) is 17.0. The Hall–Kier alpha value is -2.09. The van der Waals surface area contributed by atoms with Crippen molar-refractivity contribution in [2.45, 2.75) is 25.6 Å². The summed E-state index contributed by atoms with van der Waals surface area (Å²) in [4.78, 5) is 25.4. The second-order valence-electron chi connectivity index (χ2n) is 5.38. The summed E-state index contributed by atoms with van der Waals surface area (Å²) in [5.41, 5.74) is -0.459. The number of rotatable bonds is 3. The zero-order valence-corrected chi connectivity index (χ0v) is 12.6. The van der Waals surface area contributed by atoms with Crippen LogP contribution in [0.1, 0.15) is 18.9 Å². The van der Waals surface area contributed by atoms with Crippen molar-refractivity contribution in [3.05, 3.63) is 29.8 Å². The number of alkyl halides is 3. The molecule has 1 heterocycles. The molecule has 0 spiro atoms. The van der Waals surface area contributed by atoms with E-state index in [2.05, 4.69) is 10.6 Å². The molecule has 1 aromatic carbocycles. The van der Waals surface area contributed by atoms with Gasteiger partial charge in [-0.3, -0.25) is 14.5 Å². The molecule has 1 aliphatic heterocycles. The van der Waals surface area contributed by atoms with Crippen LogP contribution in [-0.4, -0.2) is 42.4 Å². The third-order valence-electron chi connectivity index (χ3n) is 3.75. The van der Waals surface area contributed by atoms with Crippen molar-refractivity contribution in [1.29, 1.82) is 0 Å². The lowest BCUT2D eigenvalue weighted by Crippen LogP contribution is -2.43. The highest BCUT2D eigenvalue weighted by Crippen LogP contribution is 2.29. The van der Waals surface area contributed by atoms with Gasteiger partial charge in [-0.1, -0.05) is 0 Å². The van der Waals surface area contributed by atoms with Gasteiger partial charge in [-0.2, -0.15) is 13.2 Å². The van der Waals surface area contributed by atoms with E-state index < -0.39 is 17.8 Å². The minimum atomic E-state index is -4.40. The van der Waals surface area contributed by atoms with Crippen LogP contribution in [0.4, 0.5) is 18.9 Å². The molecule has 126 valence electrons. The molecule has 0 radical (unpaired) electrons. The Bertz CT molecular complexity index is 572. The molecule has 1 aromatic rings. The summed E-state index contributed by atoms with van der Waals surface area (Å²) >= 11 is 0. The summed E-state index contributed by atoms with van der Waals surface area (Å²) < 4.78 is 37.5. The molecule has 2 N–H and O–H groups in total. The first kappa shape index (κ1) is 17.3. The fourth-order valence-corrected chi connectivity index (χ4v) is 2.33. The van der Waals surface area contributed by atoms with E-state index in [0.717, 1.165) is 12.1 Å². The smallest absolute Gasteiger partial charge is 0.355 e. The van der Waals surface area contributed by atoms with Crippen LogP contribution >= 0.6 is 0 Å². The maximum absolute atomic E-state index is 12.5. The summed E-state index contributed by atoms with van der Waals surface area (Å²) in [5.74, 6) is -0.373. The van der Waals surface area contributed by atoms with Gasteiger partial charge in [0.2, 0.25) is 11.8 Å². The lowest BCUT2D eigenvalue weighted by atomic mass is 10.2. The monoisotopic (exact) mass is 329 g/mol. The molecular weight excluding hydrogens is 311 g/mol. The second-order valence-corrected chi connectivity index (χ2v) is 5.38. The fraction of sp³-hybridized carbons (Fsp3) is 0.467. The van der Waals surface area contributed by atoms with E-state index in [0.29, 0.717) is 31.7 Å². The highest BCUT2D eigenvalue weighted by Gasteiger charge is 2.30. The average Bonchev–Trinajstić information content (AvgIpc) is 2.71. The predicted molar refractivity (Wildman–Crippen MR) is 78.7 cm³/mol. The largest absolute Gasteiger partial charge is 0.416 e. The molecular formula is C15H18F3N3O2. The molecule has 0 unspecified atom stereocenters. The van der Waals surface area contributed by atoms with Crippen molar-refractivity contribution < 1.29 is 22.8 Å². The second kappa shape index (κ2) is 6.99. The zero-order valence-electron chi connectivity index (χ0n) is 12.6. The summed E-state index contributed by atoms with van der Waals surface area (Å²) in [6.07, 6.45) is -4.08. The van der Waals surface area contributed by atoms with Gasteiger partial charge in [0.25, 0.3) is 0 Å². The molecule has 0 aromatic heterocycles. The van der Waals surface area contributed by atoms with E-state index in [-0.39, 0.29) is 11.8 Å². The van der Waals surface area contributed by atoms with Crippen LogP contribution in [0.5, 0.6) is 0 Å². The normalized spacial score (nSPS) is 18.0. The van der Waals surface area contributed by atoms with Crippen LogP contribution in [0.15, 0.2) is 24.3 Å². The minimum Gasteiger partial charge on any atom is -0.355 e. The number of nitrogens with one attached hydrogen (secondary N) is 2. The van der Waals surface area contributed by atoms with Gasteiger partial charge in [0, 0.05) is 31.7 Å². The van der Waals surface area contributed by atoms with Crippen molar-refractivity contribution in [1.82, 2.24) is 10.2 Å². The first-order valence-corrected chi connectivity index (χ1v) is 7.26. The van der Waals surface area contributed by atoms with E-state index >= 15 is 0 Å². The average molecular weight is 329 g/mol. The van der Waals surface area contributed by atoms with Crippen LogP contribution < -0.4 is 10.6 Å². The number of amides is 2. The number of carbonyl (C=O) groups excluding carboxylic acids is 2. The van der Waals surface area contributed by atoms with Crippen molar-refractivity contribution in [3.8, 4) is 0 Å². The minimum absolute atomic E-state index is 0.0529. The molecule has 8 heteroatoms. The standard InChI is InChI=1S/C15H18F3N3O2/c1-10(21-8-6-13(22)19-7-9-21)14(23)20-12-4-2-11(3-5-12)15(16,17)18/h2-5,10H,6-9H2,1H3,(H,19,22)(H,20,23)/t10-/m0/s1. The van der Waals surface area contributed by atoms with Crippen LogP contribution in [0.2, 0.25) is 0 Å². The predicted octanol–water partition coefficient (Wildman–Crippen LogP) is 1.85. The van der Waals surface area contributed by atoms with Crippen LogP contribution in [0.3, 0.4) is 0 Å². The summed E-state index contributed by atoms with van der Waals surface area (Å²) in [6, 6.07) is 3.82. The van der Waals surface area contributed by atoms with Crippen molar-refractivity contribution in [3.63, 3.8) is 0 Å². The van der Waals surface area contributed by atoms with Crippen molar-refractivity contribution >= 4 is 17.5 Å². The Kier molecular flexibility index (Phi) is 5.25. The van der Waals surface area contributed by atoms with Gasteiger partial charge in [0.15, 0.2) is 0 Å². The highest BCUT2D eigenvalue weighted by molar-refractivity contribution is 5.94. The first-order valence-electron chi connectivity index (χ1n) is 7.26. The molecule has 1 fully saturated rings. The molecule has 0 aliphatic carbocycles. The lowest BCUT2D eigenvalue weighted by molar-refractivity contribution is -0.137. The van der Waals surface area contributed by atoms with Crippen molar-refractivity contribution in [2.75, 3.05) is 25.0 Å². The molecule has 0 bridgehead atoms. The quantitative estimate of drug-likeness (QED) is 0.890. The molecule has 23 heavy (non-hydrogen) atoms. The Morgan fingerprint density at radius 2 is 1.91 bits per heavy atom. The van der Waals surface area contributed by atoms with Gasteiger partial charge in [-0.25, -0.2) is 0 Å². The maximum Gasteiger partial charge on any atom is 0.416 e. The highest BCUT2D eigenvalue weighted by atomic mass is 19.4. The SMILES string of the molecule is C[C@@H](C(=O)Nc1ccc(C(F)(F)F)cc1)N1CCNC(=O)CC1. The summed E-state index contributed by atoms with van der Waals surface area (Å²) in [7, 11) is 0.